The van der Waals surface area contributed by atoms with Crippen LogP contribution in [0.25, 0.3) is 5.70 Å². The van der Waals surface area contributed by atoms with Crippen LogP contribution in [0.3, 0.4) is 0 Å². The van der Waals surface area contributed by atoms with Crippen LogP contribution in [0.2, 0.25) is 0 Å². The predicted octanol–water partition coefficient (Wildman–Crippen LogP) is 3.34. The lowest BCUT2D eigenvalue weighted by molar-refractivity contribution is -0.112. The Labute approximate surface area is 144 Å². The number of hydrogen-bond donors (Lipinski definition) is 0. The normalized spacial score (nSPS) is 19.5. The average molecular weight is 326 g/mol. The number of nitrogens with zero attached hydrogens (tertiary/aromatic N) is 2. The summed E-state index contributed by atoms with van der Waals surface area (Å²) in [6, 6.07) is 7.47. The van der Waals surface area contributed by atoms with Crippen LogP contribution in [-0.4, -0.2) is 45.7 Å². The molecular formula is C20H26N2O2. The van der Waals surface area contributed by atoms with E-state index in [1.54, 1.807) is 6.07 Å². The fraction of sp³-hybridized carbons (Fsp3) is 0.500. The highest BCUT2D eigenvalue weighted by molar-refractivity contribution is 6.52. The van der Waals surface area contributed by atoms with Crippen LogP contribution in [0, 0.1) is 0 Å². The van der Waals surface area contributed by atoms with E-state index in [4.69, 9.17) is 0 Å². The minimum atomic E-state index is -0.381. The summed E-state index contributed by atoms with van der Waals surface area (Å²) >= 11 is 0. The summed E-state index contributed by atoms with van der Waals surface area (Å²) in [6.07, 6.45) is 0. The Bertz CT molecular complexity index is 748. The van der Waals surface area contributed by atoms with Gasteiger partial charge in [-0.05, 0) is 41.5 Å². The minimum absolute atomic E-state index is 0.0810. The third-order valence-electron chi connectivity index (χ3n) is 4.88. The average Bonchev–Trinajstić information content (AvgIpc) is 2.49. The molecule has 0 bridgehead atoms. The van der Waals surface area contributed by atoms with Crippen LogP contribution in [0.4, 0.5) is 0 Å². The van der Waals surface area contributed by atoms with Crippen molar-refractivity contribution in [1.82, 2.24) is 9.80 Å². The van der Waals surface area contributed by atoms with E-state index in [9.17, 15) is 9.59 Å². The molecule has 0 spiro atoms. The van der Waals surface area contributed by atoms with Gasteiger partial charge in [0.1, 0.15) is 0 Å². The first-order valence-electron chi connectivity index (χ1n) is 8.46. The van der Waals surface area contributed by atoms with E-state index in [2.05, 4.69) is 51.3 Å². The number of carbonyl (C=O) groups excluding carboxylic acids is 2. The molecule has 0 aromatic heterocycles. The van der Waals surface area contributed by atoms with Crippen molar-refractivity contribution >= 4 is 17.3 Å². The molecule has 128 valence electrons. The smallest absolute Gasteiger partial charge is 0.233 e. The van der Waals surface area contributed by atoms with Crippen molar-refractivity contribution in [3.8, 4) is 0 Å². The van der Waals surface area contributed by atoms with Crippen LogP contribution in [0.1, 0.15) is 57.5 Å². The van der Waals surface area contributed by atoms with E-state index in [0.29, 0.717) is 17.7 Å². The zero-order valence-corrected chi connectivity index (χ0v) is 15.4. The van der Waals surface area contributed by atoms with Crippen LogP contribution < -0.4 is 0 Å². The van der Waals surface area contributed by atoms with Gasteiger partial charge >= 0.3 is 0 Å². The van der Waals surface area contributed by atoms with Gasteiger partial charge in [-0.1, -0.05) is 24.3 Å². The highest BCUT2D eigenvalue weighted by Crippen LogP contribution is 2.40. The molecule has 0 amide bonds. The summed E-state index contributed by atoms with van der Waals surface area (Å²) < 4.78 is 0. The van der Waals surface area contributed by atoms with Crippen molar-refractivity contribution in [3.05, 3.63) is 41.0 Å². The maximum Gasteiger partial charge on any atom is 0.233 e. The molecule has 0 saturated heterocycles. The van der Waals surface area contributed by atoms with Crippen LogP contribution in [0.5, 0.6) is 0 Å². The summed E-state index contributed by atoms with van der Waals surface area (Å²) in [6.45, 7) is 14.1. The summed E-state index contributed by atoms with van der Waals surface area (Å²) in [7, 11) is 0. The Hall–Kier alpha value is -1.94. The molecule has 1 aliphatic carbocycles. The lowest BCUT2D eigenvalue weighted by Crippen LogP contribution is -2.57. The van der Waals surface area contributed by atoms with Crippen LogP contribution in [-0.2, 0) is 4.79 Å². The number of Topliss-reactive ketones (excluding diaryl/α,β-unsaturated/α-hetero) is 2. The number of rotatable bonds is 0. The molecule has 0 atom stereocenters. The summed E-state index contributed by atoms with van der Waals surface area (Å²) in [5.41, 5.74) is 2.75. The molecule has 3 rings (SSSR count). The molecule has 4 heteroatoms. The third-order valence-corrected chi connectivity index (χ3v) is 4.88. The summed E-state index contributed by atoms with van der Waals surface area (Å²) in [5, 5.41) is 0. The van der Waals surface area contributed by atoms with Gasteiger partial charge in [-0.3, -0.25) is 14.5 Å². The van der Waals surface area contributed by atoms with Gasteiger partial charge in [0.2, 0.25) is 11.6 Å². The molecule has 1 heterocycles. The van der Waals surface area contributed by atoms with Gasteiger partial charge in [0, 0.05) is 34.3 Å². The lowest BCUT2D eigenvalue weighted by Gasteiger charge is -2.51. The number of benzene rings is 1. The number of carbonyl (C=O) groups is 2. The number of ketones is 2. The van der Waals surface area contributed by atoms with Crippen molar-refractivity contribution < 1.29 is 9.59 Å². The Morgan fingerprint density at radius 3 is 1.96 bits per heavy atom. The van der Waals surface area contributed by atoms with Crippen molar-refractivity contribution in [2.45, 2.75) is 52.6 Å². The van der Waals surface area contributed by atoms with Gasteiger partial charge in [0.25, 0.3) is 0 Å². The summed E-state index contributed by atoms with van der Waals surface area (Å²) in [4.78, 5) is 29.9. The lowest BCUT2D eigenvalue weighted by atomic mass is 9.83. The van der Waals surface area contributed by atoms with E-state index in [0.717, 1.165) is 17.9 Å². The SMILES string of the molecule is CC(C)(C)N1CC2=C(c3ccccc3C(=O)C2=O)N(C(C)(C)C)C1. The quantitative estimate of drug-likeness (QED) is 0.686. The fourth-order valence-electron chi connectivity index (χ4n) is 3.35. The highest BCUT2D eigenvalue weighted by atomic mass is 16.2. The molecule has 1 aromatic carbocycles. The van der Waals surface area contributed by atoms with Gasteiger partial charge in [-0.25, -0.2) is 0 Å². The molecule has 0 fully saturated rings. The molecule has 0 radical (unpaired) electrons. The van der Waals surface area contributed by atoms with Crippen molar-refractivity contribution in [2.24, 2.45) is 0 Å². The molecule has 24 heavy (non-hydrogen) atoms. The topological polar surface area (TPSA) is 40.6 Å². The molecule has 0 saturated carbocycles. The van der Waals surface area contributed by atoms with Crippen molar-refractivity contribution in [3.63, 3.8) is 0 Å². The zero-order valence-electron chi connectivity index (χ0n) is 15.4. The first-order valence-corrected chi connectivity index (χ1v) is 8.46. The van der Waals surface area contributed by atoms with E-state index in [1.165, 1.54) is 0 Å². The van der Waals surface area contributed by atoms with E-state index < -0.39 is 0 Å². The molecule has 1 aromatic rings. The number of fused-ring (bicyclic) bond motifs is 2. The van der Waals surface area contributed by atoms with E-state index in [1.807, 2.05) is 18.2 Å². The van der Waals surface area contributed by atoms with Gasteiger partial charge in [0.15, 0.2) is 0 Å². The number of hydrogen-bond acceptors (Lipinski definition) is 4. The Morgan fingerprint density at radius 1 is 0.833 bits per heavy atom. The van der Waals surface area contributed by atoms with Gasteiger partial charge in [-0.2, -0.15) is 0 Å². The minimum Gasteiger partial charge on any atom is -0.353 e. The third kappa shape index (κ3) is 2.59. The molecule has 0 unspecified atom stereocenters. The van der Waals surface area contributed by atoms with Gasteiger partial charge in [-0.15, -0.1) is 0 Å². The van der Waals surface area contributed by atoms with E-state index in [-0.39, 0.29) is 22.6 Å². The Balaban J connectivity index is 2.25. The largest absolute Gasteiger partial charge is 0.353 e. The van der Waals surface area contributed by atoms with Crippen molar-refractivity contribution in [2.75, 3.05) is 13.2 Å². The van der Waals surface area contributed by atoms with Gasteiger partial charge < -0.3 is 4.90 Å². The second kappa shape index (κ2) is 5.28. The fourth-order valence-corrected chi connectivity index (χ4v) is 3.35. The molecule has 2 aliphatic rings. The standard InChI is InChI=1S/C20H26N2O2/c1-19(2,3)21-11-15-16(22(12-21)20(4,5)6)13-9-7-8-10-14(13)17(23)18(15)24/h7-10H,11-12H2,1-6H3. The Kier molecular flexibility index (Phi) is 3.72. The molecule has 0 N–H and O–H groups in total. The first kappa shape index (κ1) is 16.9. The molecule has 4 nitrogen and oxygen atoms in total. The molecule has 1 aliphatic heterocycles. The molecular weight excluding hydrogens is 300 g/mol. The van der Waals surface area contributed by atoms with E-state index >= 15 is 0 Å². The zero-order chi connectivity index (χ0) is 17.9. The second-order valence-corrected chi connectivity index (χ2v) is 8.64. The maximum atomic E-state index is 12.8. The van der Waals surface area contributed by atoms with Gasteiger partial charge in [0.05, 0.1) is 12.4 Å². The maximum absolute atomic E-state index is 12.8. The predicted molar refractivity (Wildman–Crippen MR) is 95.6 cm³/mol. The van der Waals surface area contributed by atoms with Crippen molar-refractivity contribution in [1.29, 1.82) is 0 Å². The van der Waals surface area contributed by atoms with Crippen LogP contribution in [0.15, 0.2) is 29.8 Å². The monoisotopic (exact) mass is 326 g/mol. The highest BCUT2D eigenvalue weighted by Gasteiger charge is 2.43. The van der Waals surface area contributed by atoms with Crippen LogP contribution >= 0.6 is 0 Å². The first-order chi connectivity index (χ1) is 11.0. The Morgan fingerprint density at radius 2 is 1.42 bits per heavy atom. The summed E-state index contributed by atoms with van der Waals surface area (Å²) in [5.74, 6) is -0.735. The second-order valence-electron chi connectivity index (χ2n) is 8.64.